The van der Waals surface area contributed by atoms with Gasteiger partial charge in [0.15, 0.2) is 0 Å². The highest BCUT2D eigenvalue weighted by atomic mass is 19.1. The molecule has 0 radical (unpaired) electrons. The number of nitrogens with one attached hydrogen (secondary N) is 1. The molecule has 0 saturated heterocycles. The molecule has 2 aromatic carbocycles. The molecule has 1 N–H and O–H groups in total. The lowest BCUT2D eigenvalue weighted by Gasteiger charge is -2.43. The SMILES string of the molecule is O=C([O-])c1ccc2c(c1)[C@H]1[C@H]3CC[C@H](C3)[C@H]1[C@H](c1ccccc1F)N2. The molecule has 2 bridgehead atoms. The van der Waals surface area contributed by atoms with Gasteiger partial charge < -0.3 is 15.2 Å². The van der Waals surface area contributed by atoms with Crippen LogP contribution in [-0.4, -0.2) is 5.97 Å². The maximum atomic E-state index is 14.5. The average Bonchev–Trinajstić information content (AvgIpc) is 3.23. The Labute approximate surface area is 145 Å². The Bertz CT molecular complexity index is 865. The number of fused-ring (bicyclic) bond motifs is 7. The number of halogens is 1. The summed E-state index contributed by atoms with van der Waals surface area (Å²) in [5.41, 5.74) is 2.96. The van der Waals surface area contributed by atoms with Crippen LogP contribution < -0.4 is 10.4 Å². The molecule has 0 unspecified atom stereocenters. The number of carboxylic acids is 1. The lowest BCUT2D eigenvalue weighted by molar-refractivity contribution is -0.255. The molecular weight excluding hydrogens is 317 g/mol. The van der Waals surface area contributed by atoms with Crippen LogP contribution in [0.15, 0.2) is 42.5 Å². The first kappa shape index (κ1) is 14.9. The quantitative estimate of drug-likeness (QED) is 0.913. The number of rotatable bonds is 2. The fourth-order valence-corrected chi connectivity index (χ4v) is 5.65. The standard InChI is InChI=1S/C21H20FNO2/c22-16-4-2-1-3-14(16)20-19-12-6-5-11(9-12)18(19)15-10-13(21(24)25)7-8-17(15)23-20/h1-4,7-8,10-12,18-20,23H,5-6,9H2,(H,24,25)/p-1/t11-,12+,18+,19+,20-/m0/s1. The number of hydrogen-bond acceptors (Lipinski definition) is 3. The van der Waals surface area contributed by atoms with Crippen LogP contribution >= 0.6 is 0 Å². The van der Waals surface area contributed by atoms with Crippen molar-refractivity contribution in [1.29, 1.82) is 0 Å². The van der Waals surface area contributed by atoms with Crippen molar-refractivity contribution in [2.24, 2.45) is 17.8 Å². The number of carbonyl (C=O) groups excluding carboxylic acids is 1. The largest absolute Gasteiger partial charge is 0.545 e. The number of carbonyl (C=O) groups is 1. The monoisotopic (exact) mass is 336 g/mol. The minimum atomic E-state index is -1.14. The molecule has 128 valence electrons. The zero-order valence-corrected chi connectivity index (χ0v) is 13.7. The van der Waals surface area contributed by atoms with E-state index in [0.717, 1.165) is 23.2 Å². The summed E-state index contributed by atoms with van der Waals surface area (Å²) < 4.78 is 14.5. The van der Waals surface area contributed by atoms with Gasteiger partial charge in [-0.3, -0.25) is 0 Å². The summed E-state index contributed by atoms with van der Waals surface area (Å²) in [5.74, 6) is 0.461. The van der Waals surface area contributed by atoms with Crippen molar-refractivity contribution in [1.82, 2.24) is 0 Å². The van der Waals surface area contributed by atoms with Crippen molar-refractivity contribution in [3.8, 4) is 0 Å². The Balaban J connectivity index is 1.65. The van der Waals surface area contributed by atoms with Crippen LogP contribution in [0.4, 0.5) is 10.1 Å². The average molecular weight is 336 g/mol. The molecule has 2 aromatic rings. The van der Waals surface area contributed by atoms with Gasteiger partial charge in [0.25, 0.3) is 0 Å². The molecule has 2 fully saturated rings. The normalized spacial score (nSPS) is 32.0. The van der Waals surface area contributed by atoms with Crippen LogP contribution in [0.2, 0.25) is 0 Å². The van der Waals surface area contributed by atoms with Gasteiger partial charge in [0.05, 0.1) is 12.0 Å². The highest BCUT2D eigenvalue weighted by molar-refractivity contribution is 5.87. The minimum Gasteiger partial charge on any atom is -0.545 e. The van der Waals surface area contributed by atoms with Crippen molar-refractivity contribution < 1.29 is 14.3 Å². The summed E-state index contributed by atoms with van der Waals surface area (Å²) in [4.78, 5) is 11.3. The molecule has 4 heteroatoms. The van der Waals surface area contributed by atoms with Gasteiger partial charge in [-0.15, -0.1) is 0 Å². The molecule has 0 spiro atoms. The van der Waals surface area contributed by atoms with E-state index in [1.165, 1.54) is 18.9 Å². The van der Waals surface area contributed by atoms with Gasteiger partial charge in [0.1, 0.15) is 5.82 Å². The number of aromatic carboxylic acids is 1. The molecule has 1 heterocycles. The maximum Gasteiger partial charge on any atom is 0.128 e. The Kier molecular flexibility index (Phi) is 3.18. The molecule has 0 amide bonds. The van der Waals surface area contributed by atoms with Crippen LogP contribution in [0.25, 0.3) is 0 Å². The third-order valence-corrected chi connectivity index (χ3v) is 6.56. The zero-order valence-electron chi connectivity index (χ0n) is 13.7. The van der Waals surface area contributed by atoms with Crippen molar-refractivity contribution in [2.45, 2.75) is 31.2 Å². The van der Waals surface area contributed by atoms with Gasteiger partial charge in [-0.1, -0.05) is 24.3 Å². The van der Waals surface area contributed by atoms with Crippen molar-refractivity contribution in [3.05, 3.63) is 65.0 Å². The lowest BCUT2D eigenvalue weighted by atomic mass is 9.68. The van der Waals surface area contributed by atoms with Crippen LogP contribution in [-0.2, 0) is 0 Å². The number of anilines is 1. The van der Waals surface area contributed by atoms with Crippen molar-refractivity contribution in [3.63, 3.8) is 0 Å². The number of benzene rings is 2. The summed E-state index contributed by atoms with van der Waals surface area (Å²) in [6, 6.07) is 12.1. The number of hydrogen-bond donors (Lipinski definition) is 1. The summed E-state index contributed by atoms with van der Waals surface area (Å²) in [7, 11) is 0. The third-order valence-electron chi connectivity index (χ3n) is 6.56. The van der Waals surface area contributed by atoms with E-state index in [-0.39, 0.29) is 17.4 Å². The summed E-state index contributed by atoms with van der Waals surface area (Å²) >= 11 is 0. The van der Waals surface area contributed by atoms with Crippen LogP contribution in [0, 0.1) is 23.6 Å². The van der Waals surface area contributed by atoms with Crippen molar-refractivity contribution in [2.75, 3.05) is 5.32 Å². The first-order valence-electron chi connectivity index (χ1n) is 8.99. The molecular formula is C21H19FNO2-. The molecule has 5 rings (SSSR count). The number of carboxylic acid groups (broad SMARTS) is 1. The van der Waals surface area contributed by atoms with Gasteiger partial charge in [0, 0.05) is 11.3 Å². The summed E-state index contributed by atoms with van der Waals surface area (Å²) in [6.07, 6.45) is 3.54. The molecule has 2 saturated carbocycles. The topological polar surface area (TPSA) is 52.2 Å². The minimum absolute atomic E-state index is 0.0530. The second kappa shape index (κ2) is 5.32. The van der Waals surface area contributed by atoms with E-state index in [9.17, 15) is 14.3 Å². The van der Waals surface area contributed by atoms with Gasteiger partial charge >= 0.3 is 0 Å². The van der Waals surface area contributed by atoms with Crippen molar-refractivity contribution >= 4 is 11.7 Å². The predicted molar refractivity (Wildman–Crippen MR) is 90.6 cm³/mol. The first-order valence-corrected chi connectivity index (χ1v) is 8.99. The van der Waals surface area contributed by atoms with Gasteiger partial charge in [-0.25, -0.2) is 4.39 Å². The van der Waals surface area contributed by atoms with Gasteiger partial charge in [-0.2, -0.15) is 0 Å². The Hall–Kier alpha value is -2.36. The van der Waals surface area contributed by atoms with E-state index in [0.29, 0.717) is 23.7 Å². The molecule has 2 aliphatic carbocycles. The predicted octanol–water partition coefficient (Wildman–Crippen LogP) is 3.49. The van der Waals surface area contributed by atoms with E-state index in [1.807, 2.05) is 18.2 Å². The summed E-state index contributed by atoms with van der Waals surface area (Å²) in [5, 5.41) is 14.8. The maximum absolute atomic E-state index is 14.5. The smallest absolute Gasteiger partial charge is 0.128 e. The van der Waals surface area contributed by atoms with Crippen LogP contribution in [0.1, 0.15) is 52.7 Å². The fraction of sp³-hybridized carbons (Fsp3) is 0.381. The second-order valence-electron chi connectivity index (χ2n) is 7.67. The molecule has 5 atom stereocenters. The van der Waals surface area contributed by atoms with E-state index < -0.39 is 5.97 Å². The Morgan fingerprint density at radius 1 is 1.08 bits per heavy atom. The lowest BCUT2D eigenvalue weighted by Crippen LogP contribution is -2.36. The molecule has 0 aromatic heterocycles. The van der Waals surface area contributed by atoms with E-state index in [4.69, 9.17) is 0 Å². The molecule has 3 aliphatic rings. The zero-order chi connectivity index (χ0) is 17.1. The van der Waals surface area contributed by atoms with E-state index in [2.05, 4.69) is 5.32 Å². The first-order chi connectivity index (χ1) is 12.1. The molecule has 1 aliphatic heterocycles. The summed E-state index contributed by atoms with van der Waals surface area (Å²) in [6.45, 7) is 0. The fourth-order valence-electron chi connectivity index (χ4n) is 5.65. The Morgan fingerprint density at radius 2 is 1.88 bits per heavy atom. The molecule has 25 heavy (non-hydrogen) atoms. The van der Waals surface area contributed by atoms with E-state index in [1.54, 1.807) is 18.2 Å². The van der Waals surface area contributed by atoms with Gasteiger partial charge in [0.2, 0.25) is 0 Å². The van der Waals surface area contributed by atoms with E-state index >= 15 is 0 Å². The van der Waals surface area contributed by atoms with Gasteiger partial charge in [-0.05, 0) is 72.3 Å². The highest BCUT2D eigenvalue weighted by Crippen LogP contribution is 2.63. The molecule has 3 nitrogen and oxygen atoms in total. The highest BCUT2D eigenvalue weighted by Gasteiger charge is 2.54. The second-order valence-corrected chi connectivity index (χ2v) is 7.67. The third kappa shape index (κ3) is 2.13. The Morgan fingerprint density at radius 3 is 2.68 bits per heavy atom. The van der Waals surface area contributed by atoms with Crippen LogP contribution in [0.5, 0.6) is 0 Å². The van der Waals surface area contributed by atoms with Crippen LogP contribution in [0.3, 0.4) is 0 Å².